The molecule has 0 atom stereocenters. The average molecular weight is 526 g/mol. The fraction of sp³-hybridized carbons (Fsp3) is 0.385. The van der Waals surface area contributed by atoms with Crippen LogP contribution in [0.5, 0.6) is 0 Å². The lowest BCUT2D eigenvalue weighted by Gasteiger charge is -2.33. The highest BCUT2D eigenvalue weighted by molar-refractivity contribution is 5.90. The number of hydrogen-bond donors (Lipinski definition) is 0. The third-order valence-corrected chi connectivity index (χ3v) is 10.3. The van der Waals surface area contributed by atoms with Gasteiger partial charge < -0.3 is 4.90 Å². The van der Waals surface area contributed by atoms with E-state index in [9.17, 15) is 0 Å². The molecule has 1 nitrogen and oxygen atoms in total. The fourth-order valence-corrected chi connectivity index (χ4v) is 8.10. The largest absolute Gasteiger partial charge is 0.310 e. The van der Waals surface area contributed by atoms with Gasteiger partial charge >= 0.3 is 0 Å². The van der Waals surface area contributed by atoms with Gasteiger partial charge in [0.05, 0.1) is 5.69 Å². The molecule has 0 unspecified atom stereocenters. The van der Waals surface area contributed by atoms with Crippen LogP contribution in [0.4, 0.5) is 17.1 Å². The van der Waals surface area contributed by atoms with Gasteiger partial charge in [0, 0.05) is 16.8 Å². The molecule has 0 N–H and O–H groups in total. The van der Waals surface area contributed by atoms with Crippen molar-refractivity contribution in [3.05, 3.63) is 113 Å². The minimum absolute atomic E-state index is 0.0646. The van der Waals surface area contributed by atoms with Gasteiger partial charge in [0.2, 0.25) is 0 Å². The van der Waals surface area contributed by atoms with E-state index in [0.29, 0.717) is 0 Å². The van der Waals surface area contributed by atoms with E-state index in [1.807, 2.05) is 0 Å². The highest BCUT2D eigenvalue weighted by atomic mass is 15.1. The molecule has 0 saturated heterocycles. The summed E-state index contributed by atoms with van der Waals surface area (Å²) in [7, 11) is 0. The second kappa shape index (κ2) is 10.6. The second-order valence-electron chi connectivity index (χ2n) is 13.1. The van der Waals surface area contributed by atoms with Crippen molar-refractivity contribution >= 4 is 17.1 Å². The van der Waals surface area contributed by atoms with Crippen LogP contribution in [0, 0.1) is 0 Å². The topological polar surface area (TPSA) is 3.24 Å². The Morgan fingerprint density at radius 2 is 1.02 bits per heavy atom. The first-order valence-corrected chi connectivity index (χ1v) is 15.8. The maximum absolute atomic E-state index is 2.53. The number of anilines is 3. The zero-order chi connectivity index (χ0) is 27.1. The SMILES string of the molecule is CC1(C)c2ccccc2-c2cccc(N(c3ccc(C4CCCCC4)cc3)c3ccc(C4CCCCC4)cc3)c21. The summed E-state index contributed by atoms with van der Waals surface area (Å²) in [6.45, 7) is 4.80. The molecule has 0 aromatic heterocycles. The summed E-state index contributed by atoms with van der Waals surface area (Å²) in [5.41, 5.74) is 12.4. The molecule has 3 aliphatic rings. The molecule has 0 heterocycles. The van der Waals surface area contributed by atoms with Gasteiger partial charge in [-0.25, -0.2) is 0 Å². The molecule has 204 valence electrons. The van der Waals surface area contributed by atoms with Crippen LogP contribution in [-0.4, -0.2) is 0 Å². The summed E-state index contributed by atoms with van der Waals surface area (Å²) in [5, 5.41) is 0. The maximum atomic E-state index is 2.53. The van der Waals surface area contributed by atoms with E-state index in [1.165, 1.54) is 115 Å². The van der Waals surface area contributed by atoms with Crippen molar-refractivity contribution in [1.29, 1.82) is 0 Å². The van der Waals surface area contributed by atoms with Crippen molar-refractivity contribution in [2.24, 2.45) is 0 Å². The van der Waals surface area contributed by atoms with E-state index in [-0.39, 0.29) is 5.41 Å². The first-order chi connectivity index (χ1) is 19.6. The van der Waals surface area contributed by atoms with Crippen LogP contribution in [0.3, 0.4) is 0 Å². The Labute approximate surface area is 241 Å². The smallest absolute Gasteiger partial charge is 0.0508 e. The summed E-state index contributed by atoms with van der Waals surface area (Å²) >= 11 is 0. The lowest BCUT2D eigenvalue weighted by Crippen LogP contribution is -2.20. The maximum Gasteiger partial charge on any atom is 0.0508 e. The number of hydrogen-bond acceptors (Lipinski definition) is 1. The van der Waals surface area contributed by atoms with E-state index in [2.05, 4.69) is 110 Å². The Balaban J connectivity index is 1.33. The van der Waals surface area contributed by atoms with Gasteiger partial charge in [-0.05, 0) is 101 Å². The van der Waals surface area contributed by atoms with E-state index in [4.69, 9.17) is 0 Å². The molecule has 4 aromatic carbocycles. The molecule has 3 aliphatic carbocycles. The Morgan fingerprint density at radius 1 is 0.525 bits per heavy atom. The second-order valence-corrected chi connectivity index (χ2v) is 13.1. The van der Waals surface area contributed by atoms with Gasteiger partial charge in [0.25, 0.3) is 0 Å². The highest BCUT2D eigenvalue weighted by Crippen LogP contribution is 2.54. The molecule has 40 heavy (non-hydrogen) atoms. The Bertz CT molecular complexity index is 1400. The number of rotatable bonds is 5. The van der Waals surface area contributed by atoms with Crippen LogP contribution in [-0.2, 0) is 5.41 Å². The molecule has 0 aliphatic heterocycles. The molecule has 2 saturated carbocycles. The molecule has 1 heteroatoms. The lowest BCUT2D eigenvalue weighted by molar-refractivity contribution is 0.443. The van der Waals surface area contributed by atoms with Crippen LogP contribution in [0.1, 0.15) is 112 Å². The number of benzene rings is 4. The molecule has 0 bridgehead atoms. The summed E-state index contributed by atoms with van der Waals surface area (Å²) in [6, 6.07) is 35.1. The normalized spacial score (nSPS) is 18.8. The van der Waals surface area contributed by atoms with Gasteiger partial charge in [-0.2, -0.15) is 0 Å². The summed E-state index contributed by atoms with van der Waals surface area (Å²) in [5.74, 6) is 1.45. The third kappa shape index (κ3) is 4.48. The average Bonchev–Trinajstić information content (AvgIpc) is 3.26. The van der Waals surface area contributed by atoms with Crippen LogP contribution in [0.15, 0.2) is 91.0 Å². The van der Waals surface area contributed by atoms with E-state index in [0.717, 1.165) is 11.8 Å². The quantitative estimate of drug-likeness (QED) is 0.250. The minimum Gasteiger partial charge on any atom is -0.310 e. The highest BCUT2D eigenvalue weighted by Gasteiger charge is 2.38. The minimum atomic E-state index is -0.0646. The van der Waals surface area contributed by atoms with Gasteiger partial charge in [0.1, 0.15) is 0 Å². The van der Waals surface area contributed by atoms with Crippen LogP contribution in [0.25, 0.3) is 11.1 Å². The summed E-state index contributed by atoms with van der Waals surface area (Å²) < 4.78 is 0. The fourth-order valence-electron chi connectivity index (χ4n) is 8.10. The first kappa shape index (κ1) is 25.6. The van der Waals surface area contributed by atoms with Gasteiger partial charge in [-0.3, -0.25) is 0 Å². The summed E-state index contributed by atoms with van der Waals surface area (Å²) in [6.07, 6.45) is 13.6. The zero-order valence-electron chi connectivity index (χ0n) is 24.3. The van der Waals surface area contributed by atoms with Gasteiger partial charge in [-0.1, -0.05) is 113 Å². The molecule has 0 spiro atoms. The third-order valence-electron chi connectivity index (χ3n) is 10.3. The predicted octanol–water partition coefficient (Wildman–Crippen LogP) is 11.6. The van der Waals surface area contributed by atoms with Gasteiger partial charge in [-0.15, -0.1) is 0 Å². The van der Waals surface area contributed by atoms with Gasteiger partial charge in [0.15, 0.2) is 0 Å². The predicted molar refractivity (Wildman–Crippen MR) is 170 cm³/mol. The van der Waals surface area contributed by atoms with Crippen molar-refractivity contribution in [3.8, 4) is 11.1 Å². The van der Waals surface area contributed by atoms with Crippen molar-refractivity contribution in [3.63, 3.8) is 0 Å². The molecule has 4 aromatic rings. The number of nitrogens with zero attached hydrogens (tertiary/aromatic N) is 1. The van der Waals surface area contributed by atoms with Crippen molar-refractivity contribution in [2.75, 3.05) is 4.90 Å². The summed E-state index contributed by atoms with van der Waals surface area (Å²) in [4.78, 5) is 2.53. The lowest BCUT2D eigenvalue weighted by atomic mass is 9.81. The standard InChI is InChI=1S/C39H43N/c1-39(2)36-18-10-9-16-34(36)35-17-11-19-37(38(35)39)40(32-24-20-30(21-25-32)28-12-5-3-6-13-28)33-26-22-31(23-27-33)29-14-7-4-8-15-29/h9-11,16-29H,3-8,12-15H2,1-2H3. The van der Waals surface area contributed by atoms with Crippen molar-refractivity contribution in [2.45, 2.75) is 95.3 Å². The van der Waals surface area contributed by atoms with E-state index in [1.54, 1.807) is 0 Å². The van der Waals surface area contributed by atoms with E-state index < -0.39 is 0 Å². The Hall–Kier alpha value is -3.32. The molecular weight excluding hydrogens is 482 g/mol. The molecule has 2 fully saturated rings. The zero-order valence-corrected chi connectivity index (χ0v) is 24.3. The molecule has 0 amide bonds. The molecule has 0 radical (unpaired) electrons. The van der Waals surface area contributed by atoms with Crippen molar-refractivity contribution < 1.29 is 0 Å². The molecular formula is C39H43N. The monoisotopic (exact) mass is 525 g/mol. The molecule has 7 rings (SSSR count). The van der Waals surface area contributed by atoms with Crippen LogP contribution in [0.2, 0.25) is 0 Å². The van der Waals surface area contributed by atoms with E-state index >= 15 is 0 Å². The Kier molecular flexibility index (Phi) is 6.78. The van der Waals surface area contributed by atoms with Crippen LogP contribution < -0.4 is 4.90 Å². The Morgan fingerprint density at radius 3 is 1.57 bits per heavy atom. The first-order valence-electron chi connectivity index (χ1n) is 15.8. The number of fused-ring (bicyclic) bond motifs is 3. The van der Waals surface area contributed by atoms with Crippen LogP contribution >= 0.6 is 0 Å². The van der Waals surface area contributed by atoms with Crippen molar-refractivity contribution in [1.82, 2.24) is 0 Å².